The van der Waals surface area contributed by atoms with Gasteiger partial charge in [0.1, 0.15) is 4.87 Å². The molecule has 0 aromatic heterocycles. The van der Waals surface area contributed by atoms with Crippen LogP contribution in [0.3, 0.4) is 0 Å². The number of aliphatic imine (C=N–C) groups is 1. The van der Waals surface area contributed by atoms with Gasteiger partial charge in [-0.25, -0.2) is 0 Å². The Balaban J connectivity index is 0. The molecule has 112 valence electrons. The molecule has 0 aromatic rings. The van der Waals surface area contributed by atoms with Crippen molar-refractivity contribution in [3.05, 3.63) is 11.0 Å². The van der Waals surface area contributed by atoms with Gasteiger partial charge < -0.3 is 30.0 Å². The second-order valence-corrected chi connectivity index (χ2v) is 5.70. The number of carbonyl (C=O) groups excluding carboxylic acids is 2. The minimum atomic E-state index is -1.53. The molecule has 2 atom stereocenters. The summed E-state index contributed by atoms with van der Waals surface area (Å²) >= 11 is 0.866. The normalized spacial score (nSPS) is 23.2. The van der Waals surface area contributed by atoms with Crippen LogP contribution in [-0.4, -0.2) is 45.4 Å². The number of allylic oxidation sites excluding steroid dienone is 1. The quantitative estimate of drug-likeness (QED) is 0.345. The van der Waals surface area contributed by atoms with Crippen LogP contribution in [0.4, 0.5) is 0 Å². The van der Waals surface area contributed by atoms with Gasteiger partial charge in [-0.1, -0.05) is 17.8 Å². The molecule has 22 heavy (non-hydrogen) atoms. The first-order valence-electron chi connectivity index (χ1n) is 6.02. The van der Waals surface area contributed by atoms with Crippen molar-refractivity contribution in [2.24, 2.45) is 4.99 Å². The smallest absolute Gasteiger partial charge is 0.550 e. The molecule has 7 nitrogen and oxygen atoms in total. The largest absolute Gasteiger partial charge is 1.00 e. The van der Waals surface area contributed by atoms with E-state index in [-0.39, 0.29) is 76.3 Å². The van der Waals surface area contributed by atoms with E-state index < -0.39 is 29.3 Å². The number of aliphatic hydroxyl groups is 2. The Morgan fingerprint density at radius 3 is 2.41 bits per heavy atom. The van der Waals surface area contributed by atoms with Gasteiger partial charge in [0.2, 0.25) is 0 Å². The summed E-state index contributed by atoms with van der Waals surface area (Å²) in [4.78, 5) is 24.4. The van der Waals surface area contributed by atoms with Crippen molar-refractivity contribution in [2.75, 3.05) is 6.61 Å². The number of aliphatic hydroxyl groups excluding tert-OH is 2. The zero-order valence-corrected chi connectivity index (χ0v) is 17.7. The SMILES string of the molecule is C[C@@H](O)[C@@]1(CC(=O)[O-])N=C(C(=O)[O-])/C(=C/CCCO)S1.[Na+].[Na+]. The Morgan fingerprint density at radius 2 is 2.00 bits per heavy atom. The summed E-state index contributed by atoms with van der Waals surface area (Å²) < 4.78 is 0. The van der Waals surface area contributed by atoms with E-state index in [1.807, 2.05) is 0 Å². The molecule has 0 saturated heterocycles. The van der Waals surface area contributed by atoms with Crippen LogP contribution in [0.1, 0.15) is 26.2 Å². The van der Waals surface area contributed by atoms with Gasteiger partial charge in [-0.05, 0) is 19.8 Å². The van der Waals surface area contributed by atoms with E-state index in [1.165, 1.54) is 13.0 Å². The van der Waals surface area contributed by atoms with E-state index in [0.29, 0.717) is 12.8 Å². The van der Waals surface area contributed by atoms with E-state index in [1.54, 1.807) is 0 Å². The number of nitrogens with zero attached hydrogens (tertiary/aromatic N) is 1. The number of carbonyl (C=O) groups is 2. The molecule has 0 saturated carbocycles. The Bertz CT molecular complexity index is 469. The molecular weight excluding hydrogens is 332 g/mol. The summed E-state index contributed by atoms with van der Waals surface area (Å²) in [5.74, 6) is -2.97. The van der Waals surface area contributed by atoms with Gasteiger partial charge in [0.15, 0.2) is 0 Å². The minimum absolute atomic E-state index is 0. The van der Waals surface area contributed by atoms with Crippen LogP contribution in [0.5, 0.6) is 0 Å². The van der Waals surface area contributed by atoms with Crippen LogP contribution in [-0.2, 0) is 9.59 Å². The summed E-state index contributed by atoms with van der Waals surface area (Å²) in [5.41, 5.74) is -0.380. The van der Waals surface area contributed by atoms with Gasteiger partial charge in [-0.3, -0.25) is 4.99 Å². The summed E-state index contributed by atoms with van der Waals surface area (Å²) in [6, 6.07) is 0. The molecule has 1 aliphatic heterocycles. The maximum atomic E-state index is 11.1. The van der Waals surface area contributed by atoms with Crippen LogP contribution in [0.15, 0.2) is 16.0 Å². The number of rotatable bonds is 7. The van der Waals surface area contributed by atoms with Crippen molar-refractivity contribution in [2.45, 2.75) is 37.2 Å². The fourth-order valence-corrected chi connectivity index (χ4v) is 3.03. The summed E-state index contributed by atoms with van der Waals surface area (Å²) in [6.45, 7) is 1.29. The van der Waals surface area contributed by atoms with Crippen LogP contribution in [0.25, 0.3) is 0 Å². The molecule has 0 aliphatic carbocycles. The molecule has 1 aliphatic rings. The van der Waals surface area contributed by atoms with Gasteiger partial charge in [0.05, 0.1) is 17.8 Å². The van der Waals surface area contributed by atoms with Gasteiger partial charge >= 0.3 is 59.1 Å². The number of hydrogen-bond donors (Lipinski definition) is 2. The van der Waals surface area contributed by atoms with Crippen LogP contribution >= 0.6 is 11.8 Å². The number of carboxylic acids is 2. The van der Waals surface area contributed by atoms with E-state index >= 15 is 0 Å². The number of carboxylic acid groups (broad SMARTS) is 2. The number of unbranched alkanes of at least 4 members (excludes halogenated alkanes) is 1. The number of aliphatic carboxylic acids is 2. The van der Waals surface area contributed by atoms with Crippen molar-refractivity contribution in [1.82, 2.24) is 0 Å². The average Bonchev–Trinajstić information content (AvgIpc) is 2.69. The zero-order valence-electron chi connectivity index (χ0n) is 12.9. The molecule has 0 unspecified atom stereocenters. The van der Waals surface area contributed by atoms with Crippen molar-refractivity contribution in [3.63, 3.8) is 0 Å². The average molecular weight is 347 g/mol. The number of hydrogen-bond acceptors (Lipinski definition) is 8. The molecule has 0 amide bonds. The fourth-order valence-electron chi connectivity index (χ4n) is 1.72. The molecule has 1 heterocycles. The van der Waals surface area contributed by atoms with Gasteiger partial charge in [0.25, 0.3) is 0 Å². The molecule has 0 spiro atoms. The predicted octanol–water partition coefficient (Wildman–Crippen LogP) is -8.19. The Labute approximate surface area is 176 Å². The molecule has 2 N–H and O–H groups in total. The van der Waals surface area contributed by atoms with Crippen molar-refractivity contribution >= 4 is 29.4 Å². The monoisotopic (exact) mass is 347 g/mol. The standard InChI is InChI=1S/C12H17NO6S.2Na/c1-7(15)12(6-9(16)17)13-10(11(18)19)8(20-12)4-2-3-5-14;;/h4,7,14-15H,2-3,5-6H2,1H3,(H,16,17)(H,18,19);;/q;2*+1/p-2/b8-4-;;/t7-,12+;;/m1../s1. The van der Waals surface area contributed by atoms with Gasteiger partial charge in [0, 0.05) is 23.9 Å². The molecular formula is C12H15NNa2O6S. The molecule has 0 radical (unpaired) electrons. The summed E-state index contributed by atoms with van der Waals surface area (Å²) in [5, 5.41) is 40.3. The molecule has 0 bridgehead atoms. The van der Waals surface area contributed by atoms with E-state index in [4.69, 9.17) is 5.11 Å². The first-order valence-corrected chi connectivity index (χ1v) is 6.83. The minimum Gasteiger partial charge on any atom is -0.550 e. The van der Waals surface area contributed by atoms with Gasteiger partial charge in [-0.15, -0.1) is 0 Å². The third-order valence-electron chi connectivity index (χ3n) is 2.76. The summed E-state index contributed by atoms with van der Waals surface area (Å²) in [7, 11) is 0. The molecule has 10 heteroatoms. The second-order valence-electron chi connectivity index (χ2n) is 4.35. The van der Waals surface area contributed by atoms with Gasteiger partial charge in [-0.2, -0.15) is 0 Å². The van der Waals surface area contributed by atoms with E-state index in [0.717, 1.165) is 11.8 Å². The molecule has 1 rings (SSSR count). The maximum absolute atomic E-state index is 11.1. The topological polar surface area (TPSA) is 133 Å². The third kappa shape index (κ3) is 6.62. The summed E-state index contributed by atoms with van der Waals surface area (Å²) in [6.07, 6.45) is 0.598. The Morgan fingerprint density at radius 1 is 1.41 bits per heavy atom. The van der Waals surface area contributed by atoms with Crippen LogP contribution in [0.2, 0.25) is 0 Å². The Kier molecular flexibility index (Phi) is 12.7. The first kappa shape index (κ1) is 24.9. The maximum Gasteiger partial charge on any atom is 1.00 e. The molecule has 0 fully saturated rings. The van der Waals surface area contributed by atoms with Crippen molar-refractivity contribution in [3.8, 4) is 0 Å². The van der Waals surface area contributed by atoms with Crippen molar-refractivity contribution < 1.29 is 89.1 Å². The first-order chi connectivity index (χ1) is 9.32. The fraction of sp³-hybridized carbons (Fsp3) is 0.583. The second kappa shape index (κ2) is 11.2. The van der Waals surface area contributed by atoms with Crippen LogP contribution in [0, 0.1) is 0 Å². The van der Waals surface area contributed by atoms with E-state index in [9.17, 15) is 24.9 Å². The zero-order chi connectivity index (χ0) is 15.3. The Hall–Kier alpha value is 0.620. The predicted molar refractivity (Wildman–Crippen MR) is 68.5 cm³/mol. The van der Waals surface area contributed by atoms with E-state index in [2.05, 4.69) is 4.99 Å². The van der Waals surface area contributed by atoms with Crippen LogP contribution < -0.4 is 69.3 Å². The third-order valence-corrected chi connectivity index (χ3v) is 4.27. The number of thioether (sulfide) groups is 1. The van der Waals surface area contributed by atoms with Crippen molar-refractivity contribution in [1.29, 1.82) is 0 Å². The molecule has 0 aromatic carbocycles.